The van der Waals surface area contributed by atoms with Crippen molar-refractivity contribution in [3.05, 3.63) is 28.8 Å². The molecule has 0 atom stereocenters. The molecular formula is C8H7ClO5S. The lowest BCUT2D eigenvalue weighted by molar-refractivity contribution is -0.136. The van der Waals surface area contributed by atoms with Gasteiger partial charge in [-0.05, 0) is 17.7 Å². The summed E-state index contributed by atoms with van der Waals surface area (Å²) < 4.78 is 30.4. The Morgan fingerprint density at radius 2 is 2.00 bits per heavy atom. The van der Waals surface area contributed by atoms with Crippen molar-refractivity contribution in [3.8, 4) is 0 Å². The number of aliphatic carboxylic acids is 1. The van der Waals surface area contributed by atoms with Crippen LogP contribution >= 0.6 is 11.6 Å². The Kier molecular flexibility index (Phi) is 3.33. The number of hydrogen-bond donors (Lipinski definition) is 2. The van der Waals surface area contributed by atoms with Crippen molar-refractivity contribution in [2.24, 2.45) is 0 Å². The Morgan fingerprint density at radius 3 is 2.47 bits per heavy atom. The molecule has 0 fully saturated rings. The Balaban J connectivity index is 3.23. The molecule has 5 nitrogen and oxygen atoms in total. The van der Waals surface area contributed by atoms with Crippen LogP contribution in [0.2, 0.25) is 5.02 Å². The second-order valence-electron chi connectivity index (χ2n) is 2.81. The van der Waals surface area contributed by atoms with Crippen molar-refractivity contribution in [1.82, 2.24) is 0 Å². The van der Waals surface area contributed by atoms with Crippen LogP contribution in [0.1, 0.15) is 5.56 Å². The molecule has 1 rings (SSSR count). The van der Waals surface area contributed by atoms with E-state index < -0.39 is 21.0 Å². The van der Waals surface area contributed by atoms with E-state index in [2.05, 4.69) is 0 Å². The van der Waals surface area contributed by atoms with Crippen molar-refractivity contribution in [2.45, 2.75) is 11.3 Å². The van der Waals surface area contributed by atoms with Gasteiger partial charge in [-0.15, -0.1) is 0 Å². The number of rotatable bonds is 3. The monoisotopic (exact) mass is 250 g/mol. The molecule has 0 saturated heterocycles. The first-order valence-corrected chi connectivity index (χ1v) is 5.60. The number of carboxylic acid groups (broad SMARTS) is 1. The van der Waals surface area contributed by atoms with E-state index in [4.69, 9.17) is 21.3 Å². The number of carbonyl (C=O) groups is 1. The van der Waals surface area contributed by atoms with Crippen molar-refractivity contribution < 1.29 is 22.9 Å². The highest BCUT2D eigenvalue weighted by atomic mass is 35.5. The molecule has 0 amide bonds. The summed E-state index contributed by atoms with van der Waals surface area (Å²) in [5, 5.41) is 8.34. The summed E-state index contributed by atoms with van der Waals surface area (Å²) in [5.41, 5.74) is 0.250. The normalized spacial score (nSPS) is 11.3. The molecule has 0 spiro atoms. The topological polar surface area (TPSA) is 91.7 Å². The molecule has 0 saturated carbocycles. The minimum Gasteiger partial charge on any atom is -0.481 e. The second kappa shape index (κ2) is 4.18. The Hall–Kier alpha value is -1.11. The summed E-state index contributed by atoms with van der Waals surface area (Å²) >= 11 is 5.53. The van der Waals surface area contributed by atoms with E-state index in [1.54, 1.807) is 0 Å². The van der Waals surface area contributed by atoms with Crippen LogP contribution in [-0.2, 0) is 21.3 Å². The Bertz CT molecular complexity index is 494. The predicted octanol–water partition coefficient (Wildman–Crippen LogP) is 1.21. The molecule has 0 heterocycles. The molecule has 0 aliphatic heterocycles. The highest BCUT2D eigenvalue weighted by Crippen LogP contribution is 2.22. The second-order valence-corrected chi connectivity index (χ2v) is 4.61. The molecule has 0 aliphatic rings. The standard InChI is InChI=1S/C8H7ClO5S/c9-6-2-1-5(4-8(10)11)3-7(6)15(12,13)14/h1-3H,4H2,(H,10,11)(H,12,13,14). The number of carboxylic acids is 1. The van der Waals surface area contributed by atoms with Gasteiger partial charge in [-0.1, -0.05) is 17.7 Å². The van der Waals surface area contributed by atoms with Gasteiger partial charge in [0.1, 0.15) is 4.90 Å². The van der Waals surface area contributed by atoms with E-state index in [9.17, 15) is 13.2 Å². The first-order chi connectivity index (χ1) is 6.80. The summed E-state index contributed by atoms with van der Waals surface area (Å²) in [6.45, 7) is 0. The molecule has 0 bridgehead atoms. The summed E-state index contributed by atoms with van der Waals surface area (Å²) in [7, 11) is -4.42. The maximum Gasteiger partial charge on any atom is 0.307 e. The van der Waals surface area contributed by atoms with Gasteiger partial charge in [0.2, 0.25) is 0 Å². The van der Waals surface area contributed by atoms with E-state index in [1.165, 1.54) is 12.1 Å². The average Bonchev–Trinajstić information content (AvgIpc) is 2.05. The SMILES string of the molecule is O=C(O)Cc1ccc(Cl)c(S(=O)(=O)O)c1. The summed E-state index contributed by atoms with van der Waals surface area (Å²) in [6.07, 6.45) is -0.334. The van der Waals surface area contributed by atoms with Gasteiger partial charge in [-0.25, -0.2) is 0 Å². The maximum atomic E-state index is 10.8. The Labute approximate surface area is 91.0 Å². The van der Waals surface area contributed by atoms with Crippen LogP contribution in [0.15, 0.2) is 23.1 Å². The van der Waals surface area contributed by atoms with Crippen LogP contribution < -0.4 is 0 Å². The minimum absolute atomic E-state index is 0.147. The first kappa shape index (κ1) is 12.0. The third kappa shape index (κ3) is 3.19. The van der Waals surface area contributed by atoms with E-state index in [0.717, 1.165) is 6.07 Å². The number of hydrogen-bond acceptors (Lipinski definition) is 3. The third-order valence-corrected chi connectivity index (χ3v) is 2.96. The lowest BCUT2D eigenvalue weighted by Crippen LogP contribution is -2.04. The third-order valence-electron chi connectivity index (χ3n) is 1.63. The van der Waals surface area contributed by atoms with E-state index >= 15 is 0 Å². The summed E-state index contributed by atoms with van der Waals surface area (Å²) in [4.78, 5) is 9.89. The molecular weight excluding hydrogens is 244 g/mol. The average molecular weight is 251 g/mol. The minimum atomic E-state index is -4.42. The van der Waals surface area contributed by atoms with Gasteiger partial charge in [0.25, 0.3) is 10.1 Å². The van der Waals surface area contributed by atoms with Crippen LogP contribution in [0.25, 0.3) is 0 Å². The van der Waals surface area contributed by atoms with E-state index in [0.29, 0.717) is 0 Å². The molecule has 1 aromatic rings. The molecule has 0 radical (unpaired) electrons. The quantitative estimate of drug-likeness (QED) is 0.787. The fraction of sp³-hybridized carbons (Fsp3) is 0.125. The molecule has 7 heteroatoms. The summed E-state index contributed by atoms with van der Waals surface area (Å²) in [5.74, 6) is -1.10. The Morgan fingerprint density at radius 1 is 1.40 bits per heavy atom. The van der Waals surface area contributed by atoms with Crippen molar-refractivity contribution >= 4 is 27.7 Å². The van der Waals surface area contributed by atoms with Gasteiger partial charge in [-0.2, -0.15) is 8.42 Å². The zero-order chi connectivity index (χ0) is 11.6. The van der Waals surface area contributed by atoms with E-state index in [-0.39, 0.29) is 17.0 Å². The highest BCUT2D eigenvalue weighted by molar-refractivity contribution is 7.86. The van der Waals surface area contributed by atoms with Crippen molar-refractivity contribution in [2.75, 3.05) is 0 Å². The number of benzene rings is 1. The molecule has 82 valence electrons. The van der Waals surface area contributed by atoms with Gasteiger partial charge in [-0.3, -0.25) is 9.35 Å². The van der Waals surface area contributed by atoms with Crippen LogP contribution in [0, 0.1) is 0 Å². The van der Waals surface area contributed by atoms with Gasteiger partial charge in [0.05, 0.1) is 11.4 Å². The van der Waals surface area contributed by atoms with Crippen molar-refractivity contribution in [3.63, 3.8) is 0 Å². The smallest absolute Gasteiger partial charge is 0.307 e. The molecule has 2 N–H and O–H groups in total. The van der Waals surface area contributed by atoms with Crippen LogP contribution in [0.4, 0.5) is 0 Å². The number of halogens is 1. The van der Waals surface area contributed by atoms with Gasteiger partial charge < -0.3 is 5.11 Å². The highest BCUT2D eigenvalue weighted by Gasteiger charge is 2.15. The largest absolute Gasteiger partial charge is 0.481 e. The first-order valence-electron chi connectivity index (χ1n) is 3.78. The molecule has 0 unspecified atom stereocenters. The van der Waals surface area contributed by atoms with Gasteiger partial charge >= 0.3 is 5.97 Å². The lowest BCUT2D eigenvalue weighted by Gasteiger charge is -2.03. The molecule has 15 heavy (non-hydrogen) atoms. The zero-order valence-electron chi connectivity index (χ0n) is 7.34. The summed E-state index contributed by atoms with van der Waals surface area (Å²) in [6, 6.07) is 3.64. The maximum absolute atomic E-state index is 10.8. The van der Waals surface area contributed by atoms with Crippen LogP contribution in [0.5, 0.6) is 0 Å². The predicted molar refractivity (Wildman–Crippen MR) is 52.6 cm³/mol. The fourth-order valence-corrected chi connectivity index (χ4v) is 2.05. The van der Waals surface area contributed by atoms with E-state index in [1.807, 2.05) is 0 Å². The molecule has 0 aromatic heterocycles. The van der Waals surface area contributed by atoms with Crippen molar-refractivity contribution in [1.29, 1.82) is 0 Å². The molecule has 1 aromatic carbocycles. The fourth-order valence-electron chi connectivity index (χ4n) is 1.03. The van der Waals surface area contributed by atoms with Gasteiger partial charge in [0.15, 0.2) is 0 Å². The molecule has 0 aliphatic carbocycles. The zero-order valence-corrected chi connectivity index (χ0v) is 8.92. The van der Waals surface area contributed by atoms with Crippen LogP contribution in [0.3, 0.4) is 0 Å². The van der Waals surface area contributed by atoms with Gasteiger partial charge in [0, 0.05) is 0 Å². The lowest BCUT2D eigenvalue weighted by atomic mass is 10.1. The van der Waals surface area contributed by atoms with Crippen LogP contribution in [-0.4, -0.2) is 24.0 Å².